The molecule has 1 aliphatic heterocycles. The van der Waals surface area contributed by atoms with Crippen LogP contribution in [0.5, 0.6) is 0 Å². The van der Waals surface area contributed by atoms with Crippen molar-refractivity contribution in [3.8, 4) is 0 Å². The van der Waals surface area contributed by atoms with E-state index in [2.05, 4.69) is 4.90 Å². The Hall–Kier alpha value is -0.0800. The minimum atomic E-state index is -0.174. The van der Waals surface area contributed by atoms with Crippen LogP contribution in [0.3, 0.4) is 0 Å². The maximum atomic E-state index is 10.7. The summed E-state index contributed by atoms with van der Waals surface area (Å²) in [5.74, 6) is 0.0837. The molecule has 0 radical (unpaired) electrons. The van der Waals surface area contributed by atoms with E-state index < -0.39 is 0 Å². The minimum absolute atomic E-state index is 0.0837. The number of carbonyl (C=O) groups is 1. The van der Waals surface area contributed by atoms with Crippen LogP contribution >= 0.6 is 11.6 Å². The molecule has 0 aromatic carbocycles. The smallest absolute Gasteiger partial charge is 0.226 e. The molecule has 1 atom stereocenters. The van der Waals surface area contributed by atoms with E-state index in [-0.39, 0.29) is 11.2 Å². The van der Waals surface area contributed by atoms with Crippen molar-refractivity contribution < 1.29 is 4.79 Å². The second-order valence-corrected chi connectivity index (χ2v) is 3.28. The molecular weight excluding hydrogens is 150 g/mol. The SMILES string of the molecule is CN1CCC[C@@H](C(=O)Cl)C1. The van der Waals surface area contributed by atoms with Crippen molar-refractivity contribution in [1.29, 1.82) is 0 Å². The quantitative estimate of drug-likeness (QED) is 0.537. The lowest BCUT2D eigenvalue weighted by Gasteiger charge is -2.26. The summed E-state index contributed by atoms with van der Waals surface area (Å²) < 4.78 is 0. The van der Waals surface area contributed by atoms with Crippen LogP contribution in [0, 0.1) is 5.92 Å². The Kier molecular flexibility index (Phi) is 2.69. The highest BCUT2D eigenvalue weighted by atomic mass is 35.5. The highest BCUT2D eigenvalue weighted by Crippen LogP contribution is 2.16. The van der Waals surface area contributed by atoms with Crippen LogP contribution in [0.1, 0.15) is 12.8 Å². The van der Waals surface area contributed by atoms with Crippen molar-refractivity contribution in [2.24, 2.45) is 5.92 Å². The molecule has 3 heteroatoms. The number of halogens is 1. The number of rotatable bonds is 1. The third-order valence-corrected chi connectivity index (χ3v) is 2.25. The third kappa shape index (κ3) is 1.96. The Morgan fingerprint density at radius 3 is 2.80 bits per heavy atom. The van der Waals surface area contributed by atoms with Gasteiger partial charge in [0.2, 0.25) is 5.24 Å². The van der Waals surface area contributed by atoms with E-state index >= 15 is 0 Å². The first kappa shape index (κ1) is 8.02. The third-order valence-electron chi connectivity index (χ3n) is 1.95. The zero-order valence-corrected chi connectivity index (χ0v) is 6.90. The second-order valence-electron chi connectivity index (χ2n) is 2.91. The van der Waals surface area contributed by atoms with E-state index in [4.69, 9.17) is 11.6 Å². The summed E-state index contributed by atoms with van der Waals surface area (Å²) in [6.45, 7) is 1.93. The zero-order chi connectivity index (χ0) is 7.56. The molecule has 10 heavy (non-hydrogen) atoms. The molecule has 1 heterocycles. The summed E-state index contributed by atoms with van der Waals surface area (Å²) in [5, 5.41) is -0.174. The summed E-state index contributed by atoms with van der Waals surface area (Å²) in [5.41, 5.74) is 0. The van der Waals surface area contributed by atoms with Crippen molar-refractivity contribution >= 4 is 16.8 Å². The molecule has 0 N–H and O–H groups in total. The largest absolute Gasteiger partial charge is 0.306 e. The van der Waals surface area contributed by atoms with Gasteiger partial charge in [0, 0.05) is 12.5 Å². The monoisotopic (exact) mass is 161 g/mol. The Balaban J connectivity index is 2.39. The molecule has 0 aliphatic carbocycles. The molecule has 58 valence electrons. The van der Waals surface area contributed by atoms with Gasteiger partial charge >= 0.3 is 0 Å². The van der Waals surface area contributed by atoms with Gasteiger partial charge in [0.25, 0.3) is 0 Å². The van der Waals surface area contributed by atoms with Gasteiger partial charge in [-0.15, -0.1) is 0 Å². The summed E-state index contributed by atoms with van der Waals surface area (Å²) >= 11 is 5.36. The van der Waals surface area contributed by atoms with Crippen LogP contribution in [-0.2, 0) is 4.79 Å². The van der Waals surface area contributed by atoms with Gasteiger partial charge in [0.05, 0.1) is 0 Å². The normalized spacial score (nSPS) is 28.4. The van der Waals surface area contributed by atoms with Gasteiger partial charge in [-0.05, 0) is 38.0 Å². The maximum Gasteiger partial charge on any atom is 0.226 e. The fourth-order valence-electron chi connectivity index (χ4n) is 1.35. The first-order valence-corrected chi connectivity index (χ1v) is 3.96. The molecule has 1 saturated heterocycles. The van der Waals surface area contributed by atoms with E-state index in [0.29, 0.717) is 0 Å². The van der Waals surface area contributed by atoms with Gasteiger partial charge in [-0.1, -0.05) is 0 Å². The number of piperidine rings is 1. The van der Waals surface area contributed by atoms with Crippen molar-refractivity contribution in [2.75, 3.05) is 20.1 Å². The highest BCUT2D eigenvalue weighted by molar-refractivity contribution is 6.64. The van der Waals surface area contributed by atoms with Gasteiger partial charge in [-0.3, -0.25) is 4.79 Å². The first-order valence-electron chi connectivity index (χ1n) is 3.58. The molecule has 0 saturated carbocycles. The molecule has 1 rings (SSSR count). The maximum absolute atomic E-state index is 10.7. The van der Waals surface area contributed by atoms with Crippen molar-refractivity contribution in [2.45, 2.75) is 12.8 Å². The average molecular weight is 162 g/mol. The lowest BCUT2D eigenvalue weighted by molar-refractivity contribution is -0.116. The van der Waals surface area contributed by atoms with Gasteiger partial charge < -0.3 is 4.90 Å². The lowest BCUT2D eigenvalue weighted by atomic mass is 10.0. The average Bonchev–Trinajstić information content (AvgIpc) is 1.88. The van der Waals surface area contributed by atoms with Crippen LogP contribution in [0.15, 0.2) is 0 Å². The predicted molar refractivity (Wildman–Crippen MR) is 41.1 cm³/mol. The van der Waals surface area contributed by atoms with Crippen LogP contribution in [-0.4, -0.2) is 30.3 Å². The molecule has 1 fully saturated rings. The summed E-state index contributed by atoms with van der Waals surface area (Å²) in [7, 11) is 2.02. The van der Waals surface area contributed by atoms with E-state index in [0.717, 1.165) is 25.9 Å². The molecule has 0 unspecified atom stereocenters. The molecule has 1 aliphatic rings. The van der Waals surface area contributed by atoms with Crippen LogP contribution in [0.25, 0.3) is 0 Å². The standard InChI is InChI=1S/C7H12ClNO/c1-9-4-2-3-6(5-9)7(8)10/h6H,2-5H2,1H3/t6-/m1/s1. The van der Waals surface area contributed by atoms with E-state index in [1.165, 1.54) is 0 Å². The molecule has 0 spiro atoms. The van der Waals surface area contributed by atoms with Crippen molar-refractivity contribution in [3.63, 3.8) is 0 Å². The van der Waals surface area contributed by atoms with Crippen LogP contribution in [0.2, 0.25) is 0 Å². The highest BCUT2D eigenvalue weighted by Gasteiger charge is 2.21. The molecule has 0 aromatic heterocycles. The number of likely N-dealkylation sites (tertiary alicyclic amines) is 1. The van der Waals surface area contributed by atoms with E-state index in [1.807, 2.05) is 7.05 Å². The Bertz CT molecular complexity index is 138. The van der Waals surface area contributed by atoms with Crippen molar-refractivity contribution in [1.82, 2.24) is 4.90 Å². The summed E-state index contributed by atoms with van der Waals surface area (Å²) in [6.07, 6.45) is 2.06. The minimum Gasteiger partial charge on any atom is -0.306 e. The van der Waals surface area contributed by atoms with Crippen LogP contribution in [0.4, 0.5) is 0 Å². The van der Waals surface area contributed by atoms with E-state index in [9.17, 15) is 4.79 Å². The van der Waals surface area contributed by atoms with Gasteiger partial charge in [0.1, 0.15) is 0 Å². The summed E-state index contributed by atoms with van der Waals surface area (Å²) in [4.78, 5) is 12.8. The fraction of sp³-hybridized carbons (Fsp3) is 0.857. The Labute approximate surface area is 66.1 Å². The van der Waals surface area contributed by atoms with Gasteiger partial charge in [-0.25, -0.2) is 0 Å². The molecule has 0 aromatic rings. The van der Waals surface area contributed by atoms with E-state index in [1.54, 1.807) is 0 Å². The number of hydrogen-bond acceptors (Lipinski definition) is 2. The molecule has 2 nitrogen and oxygen atoms in total. The zero-order valence-electron chi connectivity index (χ0n) is 6.14. The van der Waals surface area contributed by atoms with Crippen molar-refractivity contribution in [3.05, 3.63) is 0 Å². The van der Waals surface area contributed by atoms with Gasteiger partial charge in [0.15, 0.2) is 0 Å². The Morgan fingerprint density at radius 1 is 1.70 bits per heavy atom. The number of hydrogen-bond donors (Lipinski definition) is 0. The molecular formula is C7H12ClNO. The topological polar surface area (TPSA) is 20.3 Å². The number of carbonyl (C=O) groups excluding carboxylic acids is 1. The summed E-state index contributed by atoms with van der Waals surface area (Å²) in [6, 6.07) is 0. The first-order chi connectivity index (χ1) is 4.70. The second kappa shape index (κ2) is 3.35. The molecule has 0 amide bonds. The number of nitrogens with zero attached hydrogens (tertiary/aromatic N) is 1. The molecule has 0 bridgehead atoms. The predicted octanol–water partition coefficient (Wildman–Crippen LogP) is 1.09. The lowest BCUT2D eigenvalue weighted by Crippen LogP contribution is -2.34. The van der Waals surface area contributed by atoms with Gasteiger partial charge in [-0.2, -0.15) is 0 Å². The Morgan fingerprint density at radius 2 is 2.40 bits per heavy atom. The fourth-order valence-corrected chi connectivity index (χ4v) is 1.53. The van der Waals surface area contributed by atoms with Crippen LogP contribution < -0.4 is 0 Å².